The molecule has 0 fully saturated rings. The summed E-state index contributed by atoms with van der Waals surface area (Å²) in [4.78, 5) is 15.2. The summed E-state index contributed by atoms with van der Waals surface area (Å²) < 4.78 is 33.7. The Hall–Kier alpha value is -2.87. The first-order chi connectivity index (χ1) is 16.3. The molecule has 0 aromatic heterocycles. The van der Waals surface area contributed by atoms with E-state index in [1.54, 1.807) is 4.90 Å². The maximum atomic E-state index is 13.6. The number of methoxy groups -OCH3 is 1. The lowest BCUT2D eigenvalue weighted by Gasteiger charge is -2.27. The lowest BCUT2D eigenvalue weighted by Crippen LogP contribution is -2.45. The number of ether oxygens (including phenoxy) is 1. The monoisotopic (exact) mass is 498 g/mol. The number of hydrogen-bond donors (Lipinski definition) is 0. The first-order valence-corrected chi connectivity index (χ1v) is 12.9. The molecule has 0 unspecified atom stereocenters. The Balaban J connectivity index is 1.64. The van der Waals surface area contributed by atoms with E-state index in [9.17, 15) is 13.2 Å². The molecule has 1 amide bonds. The van der Waals surface area contributed by atoms with Crippen molar-refractivity contribution in [2.75, 3.05) is 25.1 Å². The van der Waals surface area contributed by atoms with Crippen molar-refractivity contribution in [3.05, 3.63) is 88.9 Å². The highest BCUT2D eigenvalue weighted by atomic mass is 35.5. The molecule has 1 atom stereocenters. The van der Waals surface area contributed by atoms with E-state index in [2.05, 4.69) is 0 Å². The molecule has 0 bridgehead atoms. The van der Waals surface area contributed by atoms with Crippen LogP contribution in [0.15, 0.2) is 77.7 Å². The molecule has 3 aromatic carbocycles. The second-order valence-corrected chi connectivity index (χ2v) is 10.7. The molecule has 178 valence electrons. The van der Waals surface area contributed by atoms with E-state index < -0.39 is 10.0 Å². The van der Waals surface area contributed by atoms with Crippen molar-refractivity contribution in [2.45, 2.75) is 30.7 Å². The lowest BCUT2D eigenvalue weighted by atomic mass is 10.1. The zero-order valence-corrected chi connectivity index (χ0v) is 20.7. The maximum absolute atomic E-state index is 13.6. The molecule has 3 aromatic rings. The minimum Gasteiger partial charge on any atom is -0.495 e. The highest BCUT2D eigenvalue weighted by Gasteiger charge is 2.34. The van der Waals surface area contributed by atoms with Crippen LogP contribution in [0.4, 0.5) is 5.69 Å². The minimum absolute atomic E-state index is 0.0223. The lowest BCUT2D eigenvalue weighted by molar-refractivity contribution is -0.119. The molecule has 4 rings (SSSR count). The normalized spacial score (nSPS) is 15.4. The summed E-state index contributed by atoms with van der Waals surface area (Å²) in [6, 6.07) is 21.6. The zero-order chi connectivity index (χ0) is 24.3. The number of hydrogen-bond acceptors (Lipinski definition) is 4. The van der Waals surface area contributed by atoms with Crippen LogP contribution in [0.25, 0.3) is 0 Å². The number of carbonyl (C=O) groups excluding carboxylic acids is 1. The van der Waals surface area contributed by atoms with E-state index >= 15 is 0 Å². The molecule has 0 spiro atoms. The SMILES string of the molecule is COc1ccc(S(=O)(=O)N(CCc2ccccc2)CC(=O)N2c3ccccc3C[C@H]2C)cc1Cl. The van der Waals surface area contributed by atoms with Gasteiger partial charge in [-0.3, -0.25) is 4.79 Å². The topological polar surface area (TPSA) is 66.9 Å². The zero-order valence-electron chi connectivity index (χ0n) is 19.1. The Morgan fingerprint density at radius 1 is 1.09 bits per heavy atom. The Kier molecular flexibility index (Phi) is 7.26. The molecule has 6 nitrogen and oxygen atoms in total. The number of benzene rings is 3. The highest BCUT2D eigenvalue weighted by Crippen LogP contribution is 2.33. The third-order valence-electron chi connectivity index (χ3n) is 6.04. The number of para-hydroxylation sites is 1. The summed E-state index contributed by atoms with van der Waals surface area (Å²) in [5.41, 5.74) is 2.92. The van der Waals surface area contributed by atoms with Crippen molar-refractivity contribution >= 4 is 33.2 Å². The first-order valence-electron chi connectivity index (χ1n) is 11.1. The number of fused-ring (bicyclic) bond motifs is 1. The van der Waals surface area contributed by atoms with E-state index in [0.717, 1.165) is 23.2 Å². The van der Waals surface area contributed by atoms with Crippen LogP contribution in [0, 0.1) is 0 Å². The predicted molar refractivity (Wildman–Crippen MR) is 134 cm³/mol. The Morgan fingerprint density at radius 3 is 2.50 bits per heavy atom. The molecule has 1 heterocycles. The minimum atomic E-state index is -3.99. The number of rotatable bonds is 8. The fourth-order valence-electron chi connectivity index (χ4n) is 4.31. The molecule has 1 aliphatic heterocycles. The Morgan fingerprint density at radius 2 is 1.79 bits per heavy atom. The van der Waals surface area contributed by atoms with Crippen LogP contribution in [0.3, 0.4) is 0 Å². The molecule has 0 saturated carbocycles. The molecular formula is C26H27ClN2O4S. The molecule has 34 heavy (non-hydrogen) atoms. The van der Waals surface area contributed by atoms with Crippen molar-refractivity contribution in [2.24, 2.45) is 0 Å². The van der Waals surface area contributed by atoms with Crippen molar-refractivity contribution < 1.29 is 17.9 Å². The van der Waals surface area contributed by atoms with Gasteiger partial charge >= 0.3 is 0 Å². The van der Waals surface area contributed by atoms with Crippen molar-refractivity contribution in [3.63, 3.8) is 0 Å². The van der Waals surface area contributed by atoms with E-state index in [0.29, 0.717) is 12.2 Å². The number of nitrogens with zero attached hydrogens (tertiary/aromatic N) is 2. The van der Waals surface area contributed by atoms with Crippen LogP contribution in [0.2, 0.25) is 5.02 Å². The van der Waals surface area contributed by atoms with Gasteiger partial charge in [0.25, 0.3) is 0 Å². The third-order valence-corrected chi connectivity index (χ3v) is 8.18. The van der Waals surface area contributed by atoms with Gasteiger partial charge in [0.1, 0.15) is 5.75 Å². The molecule has 0 radical (unpaired) electrons. The summed E-state index contributed by atoms with van der Waals surface area (Å²) in [5.74, 6) is 0.128. The number of anilines is 1. The van der Waals surface area contributed by atoms with Crippen molar-refractivity contribution in [1.29, 1.82) is 0 Å². The molecular weight excluding hydrogens is 472 g/mol. The van der Waals surface area contributed by atoms with Crippen LogP contribution >= 0.6 is 11.6 Å². The van der Waals surface area contributed by atoms with Crippen LogP contribution in [0.1, 0.15) is 18.1 Å². The fraction of sp³-hybridized carbons (Fsp3) is 0.269. The molecule has 0 saturated heterocycles. The number of halogens is 1. The highest BCUT2D eigenvalue weighted by molar-refractivity contribution is 7.89. The van der Waals surface area contributed by atoms with Gasteiger partial charge in [-0.1, -0.05) is 60.1 Å². The molecule has 8 heteroatoms. The molecule has 1 aliphatic rings. The van der Waals surface area contributed by atoms with Gasteiger partial charge in [-0.05, 0) is 55.2 Å². The Bertz CT molecular complexity index is 1280. The second kappa shape index (κ2) is 10.2. The molecule has 0 N–H and O–H groups in total. The standard InChI is InChI=1S/C26H27ClN2O4S/c1-19-16-21-10-6-7-11-24(21)29(19)26(30)18-28(15-14-20-8-4-3-5-9-20)34(31,32)22-12-13-25(33-2)23(27)17-22/h3-13,17,19H,14-16,18H2,1-2H3/t19-/m1/s1. The largest absolute Gasteiger partial charge is 0.495 e. The van der Waals surface area contributed by atoms with E-state index in [-0.39, 0.29) is 35.0 Å². The maximum Gasteiger partial charge on any atom is 0.243 e. The van der Waals surface area contributed by atoms with Gasteiger partial charge in [0.15, 0.2) is 0 Å². The quantitative estimate of drug-likeness (QED) is 0.456. The second-order valence-electron chi connectivity index (χ2n) is 8.32. The van der Waals surface area contributed by atoms with Crippen LogP contribution in [0.5, 0.6) is 5.75 Å². The molecule has 0 aliphatic carbocycles. The van der Waals surface area contributed by atoms with Gasteiger partial charge in [0.2, 0.25) is 15.9 Å². The third kappa shape index (κ3) is 4.97. The van der Waals surface area contributed by atoms with E-state index in [4.69, 9.17) is 16.3 Å². The first kappa shape index (κ1) is 24.3. The fourth-order valence-corrected chi connectivity index (χ4v) is 6.05. The number of carbonyl (C=O) groups is 1. The summed E-state index contributed by atoms with van der Waals surface area (Å²) in [5, 5.41) is 0.194. The Labute approximate surface area is 205 Å². The van der Waals surface area contributed by atoms with E-state index in [1.807, 2.05) is 61.5 Å². The summed E-state index contributed by atoms with van der Waals surface area (Å²) in [6.45, 7) is 1.87. The van der Waals surface area contributed by atoms with Gasteiger partial charge in [-0.15, -0.1) is 0 Å². The average Bonchev–Trinajstić information content (AvgIpc) is 3.17. The van der Waals surface area contributed by atoms with Crippen LogP contribution in [-0.4, -0.2) is 44.9 Å². The summed E-state index contributed by atoms with van der Waals surface area (Å²) >= 11 is 6.21. The van der Waals surface area contributed by atoms with Crippen molar-refractivity contribution in [3.8, 4) is 5.75 Å². The van der Waals surface area contributed by atoms with Gasteiger partial charge < -0.3 is 9.64 Å². The average molecular weight is 499 g/mol. The summed E-state index contributed by atoms with van der Waals surface area (Å²) in [6.07, 6.45) is 1.22. The van der Waals surface area contributed by atoms with Gasteiger partial charge in [-0.25, -0.2) is 8.42 Å². The number of amides is 1. The van der Waals surface area contributed by atoms with Crippen LogP contribution < -0.4 is 9.64 Å². The van der Waals surface area contributed by atoms with Gasteiger partial charge in [0, 0.05) is 18.3 Å². The smallest absolute Gasteiger partial charge is 0.243 e. The number of sulfonamides is 1. The predicted octanol–water partition coefficient (Wildman–Crippen LogP) is 4.56. The van der Waals surface area contributed by atoms with Crippen molar-refractivity contribution in [1.82, 2.24) is 4.31 Å². The summed E-state index contributed by atoms with van der Waals surface area (Å²) in [7, 11) is -2.52. The van der Waals surface area contributed by atoms with Crippen LogP contribution in [-0.2, 0) is 27.7 Å². The van der Waals surface area contributed by atoms with Gasteiger partial charge in [-0.2, -0.15) is 4.31 Å². The van der Waals surface area contributed by atoms with Gasteiger partial charge in [0.05, 0.1) is 23.6 Å². The van der Waals surface area contributed by atoms with E-state index in [1.165, 1.54) is 29.6 Å².